The molecular weight excluding hydrogens is 491 g/mol. The number of carbonyl (C=O) groups excluding carboxylic acids is 3. The number of amides is 2. The quantitative estimate of drug-likeness (QED) is 0.221. The van der Waals surface area contributed by atoms with E-state index in [2.05, 4.69) is 46.4 Å². The molecule has 0 atom stereocenters. The molecule has 0 fully saturated rings. The van der Waals surface area contributed by atoms with Crippen molar-refractivity contribution in [1.82, 2.24) is 16.1 Å². The van der Waals surface area contributed by atoms with Gasteiger partial charge in [-0.15, -0.1) is 24.8 Å². The summed E-state index contributed by atoms with van der Waals surface area (Å²) in [6.07, 6.45) is 4.26. The summed E-state index contributed by atoms with van der Waals surface area (Å²) in [4.78, 5) is 40.1. The summed E-state index contributed by atoms with van der Waals surface area (Å²) < 4.78 is 0. The Bertz CT molecular complexity index is 885. The number of carbonyl (C=O) groups is 3. The third-order valence-corrected chi connectivity index (χ3v) is 4.92. The van der Waals surface area contributed by atoms with E-state index in [1.54, 1.807) is 0 Å². The lowest BCUT2D eigenvalue weighted by molar-refractivity contribution is -0.158. The highest BCUT2D eigenvalue weighted by atomic mass is 35.5. The number of aryl methyl sites for hydroxylation is 2. The normalized spacial score (nSPS) is 9.86. The Hall–Kier alpha value is -2.65. The van der Waals surface area contributed by atoms with E-state index in [1.807, 2.05) is 24.3 Å². The van der Waals surface area contributed by atoms with Crippen molar-refractivity contribution in [2.45, 2.75) is 38.5 Å². The summed E-state index contributed by atoms with van der Waals surface area (Å²) >= 11 is 0. The lowest BCUT2D eigenvalue weighted by Crippen LogP contribution is -2.37. The number of hydrogen-bond donors (Lipinski definition) is 4. The molecular formula is C25H36Cl2N4O4. The summed E-state index contributed by atoms with van der Waals surface area (Å²) in [6, 6.07) is 18.3. The Balaban J connectivity index is 0.00000578. The predicted octanol–water partition coefficient (Wildman–Crippen LogP) is 2.27. The molecule has 8 nitrogen and oxygen atoms in total. The van der Waals surface area contributed by atoms with Crippen molar-refractivity contribution in [3.63, 3.8) is 0 Å². The minimum atomic E-state index is -0.620. The summed E-state index contributed by atoms with van der Waals surface area (Å²) in [7, 11) is 0. The SMILES string of the molecule is Cl.Cl.NCCNCC(=O)NCCC(=O)ONC(=O)Cc1cccc(CCCCc2ccccc2)c1. The lowest BCUT2D eigenvalue weighted by atomic mass is 10.0. The molecule has 35 heavy (non-hydrogen) atoms. The standard InChI is InChI=1S/C25H34N4O4.2ClH/c26-14-16-27-19-24(31)28-15-13-25(32)33-29-23(30)18-22-12-6-11-21(17-22)10-5-4-9-20-7-2-1-3-8-20;;/h1-3,6-8,11-12,17,27H,4-5,9-10,13-16,18-19,26H2,(H,28,31)(H,29,30);2*1H. The maximum Gasteiger partial charge on any atom is 0.334 e. The fourth-order valence-electron chi connectivity index (χ4n) is 3.25. The average Bonchev–Trinajstić information content (AvgIpc) is 2.82. The Morgan fingerprint density at radius 1 is 0.800 bits per heavy atom. The number of hydrogen-bond acceptors (Lipinski definition) is 6. The summed E-state index contributed by atoms with van der Waals surface area (Å²) in [5.74, 6) is -1.26. The van der Waals surface area contributed by atoms with E-state index >= 15 is 0 Å². The van der Waals surface area contributed by atoms with Gasteiger partial charge in [-0.2, -0.15) is 5.48 Å². The number of rotatable bonds is 14. The molecule has 2 aromatic carbocycles. The van der Waals surface area contributed by atoms with Crippen LogP contribution in [-0.4, -0.2) is 44.0 Å². The zero-order valence-electron chi connectivity index (χ0n) is 19.8. The number of hydroxylamine groups is 1. The molecule has 0 heterocycles. The first kappa shape index (κ1) is 32.4. The molecule has 0 unspecified atom stereocenters. The number of benzene rings is 2. The second kappa shape index (κ2) is 19.6. The van der Waals surface area contributed by atoms with Crippen molar-refractivity contribution in [3.05, 3.63) is 71.3 Å². The van der Waals surface area contributed by atoms with Crippen molar-refractivity contribution in [1.29, 1.82) is 0 Å². The molecule has 0 spiro atoms. The van der Waals surface area contributed by atoms with Gasteiger partial charge in [0.25, 0.3) is 5.91 Å². The van der Waals surface area contributed by atoms with Gasteiger partial charge in [0.1, 0.15) is 0 Å². The van der Waals surface area contributed by atoms with Gasteiger partial charge in [0, 0.05) is 19.6 Å². The monoisotopic (exact) mass is 526 g/mol. The Labute approximate surface area is 219 Å². The van der Waals surface area contributed by atoms with Gasteiger partial charge < -0.3 is 21.2 Å². The minimum absolute atomic E-state index is 0. The molecule has 0 bridgehead atoms. The molecule has 0 aliphatic rings. The van der Waals surface area contributed by atoms with Gasteiger partial charge in [0.15, 0.2) is 0 Å². The first-order valence-corrected chi connectivity index (χ1v) is 11.3. The Kier molecular flexibility index (Phi) is 18.1. The van der Waals surface area contributed by atoms with E-state index in [0.29, 0.717) is 13.1 Å². The molecule has 0 saturated heterocycles. The van der Waals surface area contributed by atoms with Crippen LogP contribution in [0.15, 0.2) is 54.6 Å². The van der Waals surface area contributed by atoms with Gasteiger partial charge >= 0.3 is 5.97 Å². The zero-order chi connectivity index (χ0) is 23.7. The van der Waals surface area contributed by atoms with Crippen molar-refractivity contribution in [3.8, 4) is 0 Å². The van der Waals surface area contributed by atoms with Crippen LogP contribution in [0.1, 0.15) is 36.0 Å². The largest absolute Gasteiger partial charge is 0.354 e. The smallest absolute Gasteiger partial charge is 0.334 e. The van der Waals surface area contributed by atoms with Gasteiger partial charge in [0.05, 0.1) is 19.4 Å². The molecule has 194 valence electrons. The molecule has 0 aliphatic carbocycles. The third kappa shape index (κ3) is 15.1. The van der Waals surface area contributed by atoms with Gasteiger partial charge in [-0.3, -0.25) is 9.59 Å². The van der Waals surface area contributed by atoms with E-state index in [-0.39, 0.29) is 56.7 Å². The maximum absolute atomic E-state index is 12.1. The van der Waals surface area contributed by atoms with Gasteiger partial charge in [-0.1, -0.05) is 54.6 Å². The maximum atomic E-state index is 12.1. The summed E-state index contributed by atoms with van der Waals surface area (Å²) in [5, 5.41) is 5.43. The number of nitrogens with one attached hydrogen (secondary N) is 3. The second-order valence-corrected chi connectivity index (χ2v) is 7.75. The van der Waals surface area contributed by atoms with Gasteiger partial charge in [-0.25, -0.2) is 4.79 Å². The van der Waals surface area contributed by atoms with Crippen LogP contribution in [0.3, 0.4) is 0 Å². The highest BCUT2D eigenvalue weighted by Crippen LogP contribution is 2.11. The molecule has 0 saturated carbocycles. The van der Waals surface area contributed by atoms with Crippen LogP contribution in [0.2, 0.25) is 0 Å². The molecule has 5 N–H and O–H groups in total. The molecule has 0 radical (unpaired) electrons. The average molecular weight is 527 g/mol. The van der Waals surface area contributed by atoms with E-state index in [9.17, 15) is 14.4 Å². The minimum Gasteiger partial charge on any atom is -0.354 e. The molecule has 10 heteroatoms. The predicted molar refractivity (Wildman–Crippen MR) is 142 cm³/mol. The van der Waals surface area contributed by atoms with E-state index in [1.165, 1.54) is 11.1 Å². The van der Waals surface area contributed by atoms with Crippen LogP contribution >= 0.6 is 24.8 Å². The van der Waals surface area contributed by atoms with Crippen LogP contribution < -0.4 is 21.8 Å². The first-order valence-electron chi connectivity index (χ1n) is 11.3. The zero-order valence-corrected chi connectivity index (χ0v) is 21.4. The fraction of sp³-hybridized carbons (Fsp3) is 0.400. The highest BCUT2D eigenvalue weighted by molar-refractivity contribution is 5.85. The van der Waals surface area contributed by atoms with E-state index in [0.717, 1.165) is 31.2 Å². The van der Waals surface area contributed by atoms with Crippen molar-refractivity contribution in [2.75, 3.05) is 26.2 Å². The van der Waals surface area contributed by atoms with Crippen LogP contribution in [0.4, 0.5) is 0 Å². The van der Waals surface area contributed by atoms with Crippen LogP contribution in [-0.2, 0) is 38.5 Å². The molecule has 2 amide bonds. The highest BCUT2D eigenvalue weighted by Gasteiger charge is 2.09. The van der Waals surface area contributed by atoms with Crippen LogP contribution in [0.25, 0.3) is 0 Å². The summed E-state index contributed by atoms with van der Waals surface area (Å²) in [6.45, 7) is 1.25. The van der Waals surface area contributed by atoms with Crippen molar-refractivity contribution in [2.24, 2.45) is 5.73 Å². The topological polar surface area (TPSA) is 123 Å². The van der Waals surface area contributed by atoms with Gasteiger partial charge in [0.2, 0.25) is 5.91 Å². The fourth-order valence-corrected chi connectivity index (χ4v) is 3.25. The number of unbranched alkanes of at least 4 members (excludes halogenated alkanes) is 1. The Morgan fingerprint density at radius 2 is 1.46 bits per heavy atom. The lowest BCUT2D eigenvalue weighted by Gasteiger charge is -2.08. The number of nitrogens with two attached hydrogens (primary N) is 1. The third-order valence-electron chi connectivity index (χ3n) is 4.92. The Morgan fingerprint density at radius 3 is 2.17 bits per heavy atom. The molecule has 0 aromatic heterocycles. The molecule has 2 rings (SSSR count). The summed E-state index contributed by atoms with van der Waals surface area (Å²) in [5.41, 5.74) is 10.9. The van der Waals surface area contributed by atoms with E-state index in [4.69, 9.17) is 10.6 Å². The second-order valence-electron chi connectivity index (χ2n) is 7.75. The van der Waals surface area contributed by atoms with E-state index < -0.39 is 11.9 Å². The van der Waals surface area contributed by atoms with Crippen LogP contribution in [0, 0.1) is 0 Å². The van der Waals surface area contributed by atoms with Crippen molar-refractivity contribution < 1.29 is 19.2 Å². The first-order chi connectivity index (χ1) is 16.1. The van der Waals surface area contributed by atoms with Crippen LogP contribution in [0.5, 0.6) is 0 Å². The number of halogens is 2. The van der Waals surface area contributed by atoms with Crippen molar-refractivity contribution >= 4 is 42.6 Å². The van der Waals surface area contributed by atoms with Gasteiger partial charge in [-0.05, 0) is 42.4 Å². The molecule has 2 aromatic rings. The molecule has 0 aliphatic heterocycles.